The van der Waals surface area contributed by atoms with E-state index in [0.29, 0.717) is 11.8 Å². The van der Waals surface area contributed by atoms with E-state index in [-0.39, 0.29) is 6.73 Å². The minimum atomic E-state index is 0.158. The molecule has 2 unspecified atom stereocenters. The van der Waals surface area contributed by atoms with Gasteiger partial charge in [0.05, 0.1) is 6.73 Å². The Labute approximate surface area is 120 Å². The molecule has 1 heterocycles. The Morgan fingerprint density at radius 1 is 0.850 bits per heavy atom. The topological polar surface area (TPSA) is 23.5 Å². The molecule has 0 amide bonds. The summed E-state index contributed by atoms with van der Waals surface area (Å²) in [7, 11) is 0. The van der Waals surface area contributed by atoms with Crippen LogP contribution in [-0.2, 0) is 0 Å². The molecule has 2 aromatic rings. The van der Waals surface area contributed by atoms with E-state index in [1.807, 2.05) is 0 Å². The van der Waals surface area contributed by atoms with E-state index >= 15 is 0 Å². The molecule has 1 N–H and O–H groups in total. The Kier molecular flexibility index (Phi) is 4.14. The molecule has 2 aromatic carbocycles. The minimum Gasteiger partial charge on any atom is -0.381 e. The quantitative estimate of drug-likeness (QED) is 0.923. The first-order chi connectivity index (χ1) is 9.88. The highest BCUT2D eigenvalue weighted by atomic mass is 16.3. The number of nitrogens with zero attached hydrogens (tertiary/aromatic N) is 1. The van der Waals surface area contributed by atoms with Crippen molar-refractivity contribution in [2.75, 3.05) is 19.8 Å². The van der Waals surface area contributed by atoms with E-state index in [4.69, 9.17) is 0 Å². The molecule has 20 heavy (non-hydrogen) atoms. The summed E-state index contributed by atoms with van der Waals surface area (Å²) in [5.74, 6) is 1.00. The van der Waals surface area contributed by atoms with Gasteiger partial charge in [0.2, 0.25) is 0 Å². The van der Waals surface area contributed by atoms with Gasteiger partial charge in [0.25, 0.3) is 0 Å². The van der Waals surface area contributed by atoms with E-state index < -0.39 is 0 Å². The predicted octanol–water partition coefficient (Wildman–Crippen LogP) is 3.21. The zero-order chi connectivity index (χ0) is 13.8. The molecule has 1 saturated heterocycles. The highest BCUT2D eigenvalue weighted by molar-refractivity contribution is 5.29. The van der Waals surface area contributed by atoms with Crippen molar-refractivity contribution in [3.05, 3.63) is 71.8 Å². The van der Waals surface area contributed by atoms with Gasteiger partial charge in [0, 0.05) is 19.0 Å². The zero-order valence-corrected chi connectivity index (χ0v) is 11.7. The minimum absolute atomic E-state index is 0.158. The van der Waals surface area contributed by atoms with Crippen LogP contribution in [0.1, 0.15) is 29.4 Å². The van der Waals surface area contributed by atoms with Gasteiger partial charge in [-0.05, 0) is 23.5 Å². The van der Waals surface area contributed by atoms with Crippen LogP contribution in [0, 0.1) is 0 Å². The third-order valence-electron chi connectivity index (χ3n) is 4.35. The highest BCUT2D eigenvalue weighted by Gasteiger charge is 2.30. The lowest BCUT2D eigenvalue weighted by Gasteiger charge is -2.38. The Morgan fingerprint density at radius 3 is 1.95 bits per heavy atom. The molecule has 2 heteroatoms. The van der Waals surface area contributed by atoms with Crippen LogP contribution < -0.4 is 0 Å². The number of likely N-dealkylation sites (tertiary alicyclic amines) is 1. The molecule has 0 spiro atoms. The Balaban J connectivity index is 1.91. The van der Waals surface area contributed by atoms with E-state index in [0.717, 1.165) is 19.5 Å². The van der Waals surface area contributed by atoms with Crippen LogP contribution in [0.25, 0.3) is 0 Å². The van der Waals surface area contributed by atoms with Crippen molar-refractivity contribution in [3.63, 3.8) is 0 Å². The Hall–Kier alpha value is -1.64. The molecule has 104 valence electrons. The Morgan fingerprint density at radius 2 is 1.40 bits per heavy atom. The summed E-state index contributed by atoms with van der Waals surface area (Å²) in [6.07, 6.45) is 1.10. The number of aliphatic hydroxyl groups is 1. The van der Waals surface area contributed by atoms with Gasteiger partial charge < -0.3 is 5.11 Å². The maximum Gasteiger partial charge on any atom is 0.0956 e. The number of rotatable bonds is 3. The first-order valence-electron chi connectivity index (χ1n) is 7.31. The molecule has 0 radical (unpaired) electrons. The van der Waals surface area contributed by atoms with Crippen molar-refractivity contribution in [3.8, 4) is 0 Å². The van der Waals surface area contributed by atoms with Crippen molar-refractivity contribution in [2.45, 2.75) is 18.3 Å². The largest absolute Gasteiger partial charge is 0.381 e. The molecular formula is C18H21NO. The van der Waals surface area contributed by atoms with Crippen LogP contribution in [-0.4, -0.2) is 29.8 Å². The molecule has 0 aliphatic carbocycles. The number of hydrogen-bond acceptors (Lipinski definition) is 2. The summed E-state index contributed by atoms with van der Waals surface area (Å²) in [6.45, 7) is 2.06. The Bertz CT molecular complexity index is 526. The standard InChI is InChI=1S/C18H21NO/c20-14-19-12-11-17(15-7-3-1-4-8-15)18(13-19)16-9-5-2-6-10-16/h1-10,17-18,20H,11-14H2. The lowest BCUT2D eigenvalue weighted by molar-refractivity contribution is 0.0740. The number of benzene rings is 2. The zero-order valence-electron chi connectivity index (χ0n) is 11.7. The molecule has 1 aliphatic rings. The lowest BCUT2D eigenvalue weighted by atomic mass is 9.77. The van der Waals surface area contributed by atoms with Gasteiger partial charge in [-0.3, -0.25) is 4.90 Å². The summed E-state index contributed by atoms with van der Waals surface area (Å²) in [6, 6.07) is 21.5. The van der Waals surface area contributed by atoms with Crippen LogP contribution >= 0.6 is 0 Å². The van der Waals surface area contributed by atoms with Gasteiger partial charge in [0.1, 0.15) is 0 Å². The van der Waals surface area contributed by atoms with Crippen molar-refractivity contribution in [1.29, 1.82) is 0 Å². The van der Waals surface area contributed by atoms with E-state index in [1.165, 1.54) is 11.1 Å². The normalized spacial score (nSPS) is 23.6. The third-order valence-corrected chi connectivity index (χ3v) is 4.35. The molecule has 0 aromatic heterocycles. The van der Waals surface area contributed by atoms with Crippen molar-refractivity contribution < 1.29 is 5.11 Å². The lowest BCUT2D eigenvalue weighted by Crippen LogP contribution is -2.38. The molecule has 2 nitrogen and oxygen atoms in total. The maximum absolute atomic E-state index is 9.44. The first kappa shape index (κ1) is 13.3. The molecule has 2 atom stereocenters. The highest BCUT2D eigenvalue weighted by Crippen LogP contribution is 2.39. The van der Waals surface area contributed by atoms with Crippen LogP contribution in [0.2, 0.25) is 0 Å². The van der Waals surface area contributed by atoms with Gasteiger partial charge in [-0.2, -0.15) is 0 Å². The fourth-order valence-corrected chi connectivity index (χ4v) is 3.29. The van der Waals surface area contributed by atoms with Gasteiger partial charge >= 0.3 is 0 Å². The van der Waals surface area contributed by atoms with Crippen LogP contribution in [0.3, 0.4) is 0 Å². The van der Waals surface area contributed by atoms with Gasteiger partial charge in [-0.1, -0.05) is 60.7 Å². The summed E-state index contributed by atoms with van der Waals surface area (Å²) in [4.78, 5) is 2.14. The summed E-state index contributed by atoms with van der Waals surface area (Å²) < 4.78 is 0. The molecule has 0 bridgehead atoms. The van der Waals surface area contributed by atoms with E-state index in [1.54, 1.807) is 0 Å². The summed E-state index contributed by atoms with van der Waals surface area (Å²) in [5.41, 5.74) is 2.79. The van der Waals surface area contributed by atoms with Gasteiger partial charge in [-0.15, -0.1) is 0 Å². The van der Waals surface area contributed by atoms with Gasteiger partial charge in [0.15, 0.2) is 0 Å². The fourth-order valence-electron chi connectivity index (χ4n) is 3.29. The van der Waals surface area contributed by atoms with Crippen LogP contribution in [0.5, 0.6) is 0 Å². The monoisotopic (exact) mass is 267 g/mol. The summed E-state index contributed by atoms with van der Waals surface area (Å²) >= 11 is 0. The molecule has 1 fully saturated rings. The second kappa shape index (κ2) is 6.21. The summed E-state index contributed by atoms with van der Waals surface area (Å²) in [5, 5.41) is 9.44. The average molecular weight is 267 g/mol. The molecular weight excluding hydrogens is 246 g/mol. The van der Waals surface area contributed by atoms with Crippen molar-refractivity contribution in [2.24, 2.45) is 0 Å². The number of piperidine rings is 1. The van der Waals surface area contributed by atoms with Crippen LogP contribution in [0.4, 0.5) is 0 Å². The smallest absolute Gasteiger partial charge is 0.0956 e. The van der Waals surface area contributed by atoms with Crippen LogP contribution in [0.15, 0.2) is 60.7 Å². The van der Waals surface area contributed by atoms with Crippen molar-refractivity contribution in [1.82, 2.24) is 4.90 Å². The van der Waals surface area contributed by atoms with E-state index in [2.05, 4.69) is 65.6 Å². The average Bonchev–Trinajstić information content (AvgIpc) is 2.56. The van der Waals surface area contributed by atoms with Gasteiger partial charge in [-0.25, -0.2) is 0 Å². The number of hydrogen-bond donors (Lipinski definition) is 1. The second-order valence-corrected chi connectivity index (χ2v) is 5.54. The molecule has 0 saturated carbocycles. The SMILES string of the molecule is OCN1CCC(c2ccccc2)C(c2ccccc2)C1. The fraction of sp³-hybridized carbons (Fsp3) is 0.333. The first-order valence-corrected chi connectivity index (χ1v) is 7.31. The van der Waals surface area contributed by atoms with Crippen molar-refractivity contribution >= 4 is 0 Å². The maximum atomic E-state index is 9.44. The number of aliphatic hydroxyl groups excluding tert-OH is 1. The predicted molar refractivity (Wildman–Crippen MR) is 81.6 cm³/mol. The third kappa shape index (κ3) is 2.77. The molecule has 3 rings (SSSR count). The second-order valence-electron chi connectivity index (χ2n) is 5.54. The molecule has 1 aliphatic heterocycles. The van der Waals surface area contributed by atoms with E-state index in [9.17, 15) is 5.11 Å².